The van der Waals surface area contributed by atoms with Crippen molar-refractivity contribution in [1.29, 1.82) is 0 Å². The number of nitrogens with one attached hydrogen (secondary N) is 4. The zero-order valence-electron chi connectivity index (χ0n) is 18.8. The molecule has 3 aliphatic rings. The molecule has 1 saturated carbocycles. The number of carbonyl (C=O) groups is 4. The lowest BCUT2D eigenvalue weighted by Crippen LogP contribution is -2.59. The van der Waals surface area contributed by atoms with E-state index in [-0.39, 0.29) is 47.9 Å². The Labute approximate surface area is 190 Å². The number of hydrazine groups is 1. The molecule has 9 nitrogen and oxygen atoms in total. The SMILES string of the molecule is CC(=O)N[C@H](C(=O)N1C[C@@H]2CCC[C@@H]2[C@H]1C(=O)NNC[C@@H]1CCNC1=O)C(C)(C)C.Cl. The number of hydrogen-bond donors (Lipinski definition) is 4. The van der Waals surface area contributed by atoms with Crippen LogP contribution in [0.3, 0.4) is 0 Å². The van der Waals surface area contributed by atoms with Crippen LogP contribution in [-0.4, -0.2) is 60.2 Å². The molecule has 4 N–H and O–H groups in total. The van der Waals surface area contributed by atoms with Gasteiger partial charge in [0.1, 0.15) is 12.1 Å². The third-order valence-electron chi connectivity index (χ3n) is 6.63. The molecule has 2 heterocycles. The first kappa shape index (κ1) is 25.4. The molecule has 3 rings (SSSR count). The Morgan fingerprint density at radius 1 is 1.19 bits per heavy atom. The third kappa shape index (κ3) is 5.68. The predicted octanol–water partition coefficient (Wildman–Crippen LogP) is 0.343. The maximum atomic E-state index is 13.5. The van der Waals surface area contributed by atoms with Crippen LogP contribution in [0.25, 0.3) is 0 Å². The lowest BCUT2D eigenvalue weighted by Gasteiger charge is -2.36. The minimum atomic E-state index is -0.695. The van der Waals surface area contributed by atoms with E-state index < -0.39 is 17.5 Å². The van der Waals surface area contributed by atoms with Crippen molar-refractivity contribution in [2.45, 2.75) is 65.5 Å². The van der Waals surface area contributed by atoms with Gasteiger partial charge in [-0.05, 0) is 36.5 Å². The van der Waals surface area contributed by atoms with Crippen molar-refractivity contribution in [1.82, 2.24) is 26.4 Å². The average molecular weight is 458 g/mol. The summed E-state index contributed by atoms with van der Waals surface area (Å²) >= 11 is 0. The Morgan fingerprint density at radius 2 is 1.90 bits per heavy atom. The van der Waals surface area contributed by atoms with Crippen molar-refractivity contribution in [2.24, 2.45) is 23.2 Å². The van der Waals surface area contributed by atoms with E-state index in [1.807, 2.05) is 20.8 Å². The van der Waals surface area contributed by atoms with Gasteiger partial charge >= 0.3 is 0 Å². The van der Waals surface area contributed by atoms with E-state index in [1.165, 1.54) is 6.92 Å². The van der Waals surface area contributed by atoms with Crippen LogP contribution in [0.4, 0.5) is 0 Å². The quantitative estimate of drug-likeness (QED) is 0.429. The van der Waals surface area contributed by atoms with Crippen LogP contribution in [0.2, 0.25) is 0 Å². The fourth-order valence-corrected chi connectivity index (χ4v) is 5.06. The molecule has 4 amide bonds. The zero-order valence-corrected chi connectivity index (χ0v) is 19.6. The molecular formula is C21H36ClN5O4. The molecule has 0 radical (unpaired) electrons. The topological polar surface area (TPSA) is 120 Å². The molecule has 1 aliphatic carbocycles. The lowest BCUT2D eigenvalue weighted by atomic mass is 9.85. The van der Waals surface area contributed by atoms with Gasteiger partial charge in [0.2, 0.25) is 17.7 Å². The van der Waals surface area contributed by atoms with E-state index in [4.69, 9.17) is 0 Å². The summed E-state index contributed by atoms with van der Waals surface area (Å²) < 4.78 is 0. The molecule has 3 fully saturated rings. The fraction of sp³-hybridized carbons (Fsp3) is 0.810. The Morgan fingerprint density at radius 3 is 2.48 bits per heavy atom. The zero-order chi connectivity index (χ0) is 22.1. The van der Waals surface area contributed by atoms with Gasteiger partial charge < -0.3 is 15.5 Å². The average Bonchev–Trinajstić information content (AvgIpc) is 3.34. The number of fused-ring (bicyclic) bond motifs is 1. The maximum Gasteiger partial charge on any atom is 0.257 e. The summed E-state index contributed by atoms with van der Waals surface area (Å²) in [6, 6.07) is -1.26. The van der Waals surface area contributed by atoms with Crippen LogP contribution in [-0.2, 0) is 19.2 Å². The van der Waals surface area contributed by atoms with Crippen molar-refractivity contribution in [3.8, 4) is 0 Å². The number of amides is 4. The van der Waals surface area contributed by atoms with Gasteiger partial charge in [-0.25, -0.2) is 5.43 Å². The van der Waals surface area contributed by atoms with Crippen LogP contribution < -0.4 is 21.5 Å². The van der Waals surface area contributed by atoms with Gasteiger partial charge in [-0.15, -0.1) is 12.4 Å². The first-order valence-corrected chi connectivity index (χ1v) is 11.0. The maximum absolute atomic E-state index is 13.5. The highest BCUT2D eigenvalue weighted by Crippen LogP contribution is 2.43. The molecule has 0 bridgehead atoms. The van der Waals surface area contributed by atoms with Gasteiger partial charge in [-0.2, -0.15) is 0 Å². The summed E-state index contributed by atoms with van der Waals surface area (Å²) in [5.41, 5.74) is 5.16. The summed E-state index contributed by atoms with van der Waals surface area (Å²) in [4.78, 5) is 51.6. The van der Waals surface area contributed by atoms with Crippen LogP contribution in [0.1, 0.15) is 53.4 Å². The number of nitrogens with zero attached hydrogens (tertiary/aromatic N) is 1. The van der Waals surface area contributed by atoms with Crippen LogP contribution in [0, 0.1) is 23.2 Å². The van der Waals surface area contributed by atoms with Gasteiger partial charge in [0.05, 0.1) is 5.92 Å². The van der Waals surface area contributed by atoms with Crippen LogP contribution >= 0.6 is 12.4 Å². The second kappa shape index (κ2) is 10.2. The number of halogens is 1. The van der Waals surface area contributed by atoms with Crippen LogP contribution in [0.5, 0.6) is 0 Å². The summed E-state index contributed by atoms with van der Waals surface area (Å²) in [6.07, 6.45) is 3.72. The number of likely N-dealkylation sites (tertiary alicyclic amines) is 1. The highest BCUT2D eigenvalue weighted by Gasteiger charge is 2.51. The standard InChI is InChI=1S/C21H35N5O4.ClH/c1-12(27)24-17(21(2,3)4)20(30)26-11-14-6-5-7-15(14)16(26)19(29)25-23-10-13-8-9-22-18(13)28;/h13-17,23H,5-11H2,1-4H3,(H,22,28)(H,24,27)(H,25,29);1H/t13-,14-,15-,16-,17+;/m0./s1. The smallest absolute Gasteiger partial charge is 0.257 e. The largest absolute Gasteiger partial charge is 0.356 e. The molecule has 2 saturated heterocycles. The van der Waals surface area contributed by atoms with Crippen molar-refractivity contribution >= 4 is 36.0 Å². The highest BCUT2D eigenvalue weighted by molar-refractivity contribution is 5.93. The molecule has 0 unspecified atom stereocenters. The summed E-state index contributed by atoms with van der Waals surface area (Å²) in [5.74, 6) is -0.439. The molecule has 5 atom stereocenters. The Bertz CT molecular complexity index is 710. The Kier molecular flexibility index (Phi) is 8.33. The van der Waals surface area contributed by atoms with Gasteiger partial charge in [-0.1, -0.05) is 27.2 Å². The second-order valence-electron chi connectivity index (χ2n) is 9.94. The molecule has 10 heteroatoms. The van der Waals surface area contributed by atoms with Gasteiger partial charge in [0.15, 0.2) is 0 Å². The second-order valence-corrected chi connectivity index (χ2v) is 9.94. The summed E-state index contributed by atoms with van der Waals surface area (Å²) in [6.45, 7) is 8.69. The summed E-state index contributed by atoms with van der Waals surface area (Å²) in [7, 11) is 0. The van der Waals surface area contributed by atoms with Gasteiger partial charge in [-0.3, -0.25) is 24.6 Å². The number of rotatable bonds is 6. The highest BCUT2D eigenvalue weighted by atomic mass is 35.5. The third-order valence-corrected chi connectivity index (χ3v) is 6.63. The van der Waals surface area contributed by atoms with E-state index in [9.17, 15) is 19.2 Å². The predicted molar refractivity (Wildman–Crippen MR) is 118 cm³/mol. The molecular weight excluding hydrogens is 422 g/mol. The molecule has 0 spiro atoms. The molecule has 0 aromatic heterocycles. The van der Waals surface area contributed by atoms with E-state index in [1.54, 1.807) is 4.90 Å². The monoisotopic (exact) mass is 457 g/mol. The van der Waals surface area contributed by atoms with E-state index in [0.29, 0.717) is 25.6 Å². The van der Waals surface area contributed by atoms with Gasteiger partial charge in [0, 0.05) is 26.6 Å². The Hall–Kier alpha value is -1.87. The van der Waals surface area contributed by atoms with Crippen molar-refractivity contribution in [3.63, 3.8) is 0 Å². The van der Waals surface area contributed by atoms with E-state index in [0.717, 1.165) is 25.7 Å². The molecule has 176 valence electrons. The Balaban J connectivity index is 0.00000341. The fourth-order valence-electron chi connectivity index (χ4n) is 5.06. The normalized spacial score (nSPS) is 28.4. The minimum Gasteiger partial charge on any atom is -0.356 e. The number of carbonyl (C=O) groups excluding carboxylic acids is 4. The summed E-state index contributed by atoms with van der Waals surface area (Å²) in [5, 5.41) is 5.56. The van der Waals surface area contributed by atoms with E-state index in [2.05, 4.69) is 21.5 Å². The van der Waals surface area contributed by atoms with Gasteiger partial charge in [0.25, 0.3) is 5.91 Å². The van der Waals surface area contributed by atoms with Crippen molar-refractivity contribution in [3.05, 3.63) is 0 Å². The minimum absolute atomic E-state index is 0. The number of hydrogen-bond acceptors (Lipinski definition) is 5. The van der Waals surface area contributed by atoms with E-state index >= 15 is 0 Å². The molecule has 0 aromatic carbocycles. The first-order chi connectivity index (χ1) is 14.1. The van der Waals surface area contributed by atoms with Crippen molar-refractivity contribution < 1.29 is 19.2 Å². The first-order valence-electron chi connectivity index (χ1n) is 11.0. The molecule has 0 aromatic rings. The van der Waals surface area contributed by atoms with Crippen molar-refractivity contribution in [2.75, 3.05) is 19.6 Å². The molecule has 2 aliphatic heterocycles. The molecule has 31 heavy (non-hydrogen) atoms. The van der Waals surface area contributed by atoms with Crippen LogP contribution in [0.15, 0.2) is 0 Å². The lowest BCUT2D eigenvalue weighted by molar-refractivity contribution is -0.144.